The van der Waals surface area contributed by atoms with Gasteiger partial charge in [-0.3, -0.25) is 0 Å². The number of benzene rings is 1. The molecule has 29 heavy (non-hydrogen) atoms. The van der Waals surface area contributed by atoms with Gasteiger partial charge in [-0.1, -0.05) is 59.7 Å². The van der Waals surface area contributed by atoms with Crippen molar-refractivity contribution < 1.29 is 0 Å². The van der Waals surface area contributed by atoms with E-state index in [0.29, 0.717) is 11.5 Å². The van der Waals surface area contributed by atoms with Crippen molar-refractivity contribution in [3.05, 3.63) is 53.5 Å². The minimum absolute atomic E-state index is 0.0347. The van der Waals surface area contributed by atoms with Gasteiger partial charge in [-0.25, -0.2) is 4.68 Å². The minimum Gasteiger partial charge on any atom is -0.382 e. The maximum Gasteiger partial charge on any atom is 0.155 e. The molecule has 2 aromatic heterocycles. The lowest BCUT2D eigenvalue weighted by atomic mass is 9.88. The quantitative estimate of drug-likeness (QED) is 0.546. The van der Waals surface area contributed by atoms with Crippen LogP contribution in [-0.2, 0) is 17.9 Å². The highest BCUT2D eigenvalue weighted by molar-refractivity contribution is 5.66. The first kappa shape index (κ1) is 20.8. The molecule has 6 heteroatoms. The van der Waals surface area contributed by atoms with Crippen molar-refractivity contribution in [3.63, 3.8) is 0 Å². The van der Waals surface area contributed by atoms with Crippen LogP contribution < -0.4 is 5.73 Å². The summed E-state index contributed by atoms with van der Waals surface area (Å²) >= 11 is 0. The average molecular weight is 393 g/mol. The predicted molar refractivity (Wildman–Crippen MR) is 120 cm³/mol. The first-order chi connectivity index (χ1) is 13.4. The molecule has 0 radical (unpaired) electrons. The molecular weight excluding hydrogens is 360 g/mol. The number of aromatic nitrogens is 3. The first-order valence-electron chi connectivity index (χ1n) is 9.94. The van der Waals surface area contributed by atoms with Gasteiger partial charge in [-0.15, -0.1) is 10.2 Å². The van der Waals surface area contributed by atoms with E-state index in [-0.39, 0.29) is 10.8 Å². The van der Waals surface area contributed by atoms with Crippen LogP contribution in [0.4, 0.5) is 17.2 Å². The van der Waals surface area contributed by atoms with E-state index >= 15 is 0 Å². The maximum atomic E-state index is 6.51. The van der Waals surface area contributed by atoms with E-state index in [0.717, 1.165) is 28.3 Å². The highest BCUT2D eigenvalue weighted by Crippen LogP contribution is 2.40. The Morgan fingerprint density at radius 1 is 0.897 bits per heavy atom. The zero-order valence-electron chi connectivity index (χ0n) is 18.8. The SMILES string of the molecule is Cc1c(N=Nc2c(C(C)(C)C)nn(-c3ccccc3)c2N)c(C(C)(C)C)cn1C. The number of hydrogen-bond donors (Lipinski definition) is 1. The Morgan fingerprint density at radius 3 is 2.03 bits per heavy atom. The second-order valence-electron chi connectivity index (χ2n) is 9.62. The fourth-order valence-corrected chi connectivity index (χ4v) is 3.28. The summed E-state index contributed by atoms with van der Waals surface area (Å²) in [6.45, 7) is 14.9. The highest BCUT2D eigenvalue weighted by atomic mass is 15.3. The average Bonchev–Trinajstić information content (AvgIpc) is 3.11. The van der Waals surface area contributed by atoms with E-state index in [1.54, 1.807) is 4.68 Å². The molecule has 0 amide bonds. The van der Waals surface area contributed by atoms with Crippen molar-refractivity contribution in [1.82, 2.24) is 14.3 Å². The van der Waals surface area contributed by atoms with Gasteiger partial charge in [0.2, 0.25) is 0 Å². The fraction of sp³-hybridized carbons (Fsp3) is 0.435. The molecule has 3 aromatic rings. The molecule has 0 saturated carbocycles. The van der Waals surface area contributed by atoms with E-state index in [2.05, 4.69) is 69.5 Å². The number of anilines is 1. The first-order valence-corrected chi connectivity index (χ1v) is 9.94. The second-order valence-corrected chi connectivity index (χ2v) is 9.62. The smallest absolute Gasteiger partial charge is 0.155 e. The summed E-state index contributed by atoms with van der Waals surface area (Å²) in [5.74, 6) is 0.496. The number of azo groups is 1. The number of hydrogen-bond acceptors (Lipinski definition) is 4. The molecule has 3 rings (SSSR count). The Balaban J connectivity index is 2.17. The van der Waals surface area contributed by atoms with Gasteiger partial charge >= 0.3 is 0 Å². The molecule has 0 aliphatic heterocycles. The second kappa shape index (κ2) is 7.17. The molecule has 0 fully saturated rings. The van der Waals surface area contributed by atoms with Crippen LogP contribution in [-0.4, -0.2) is 14.3 Å². The molecule has 6 nitrogen and oxygen atoms in total. The molecule has 0 aliphatic rings. The lowest BCUT2D eigenvalue weighted by Gasteiger charge is -2.17. The Bertz CT molecular complexity index is 1040. The number of aryl methyl sites for hydroxylation is 1. The van der Waals surface area contributed by atoms with Crippen molar-refractivity contribution in [2.75, 3.05) is 5.73 Å². The summed E-state index contributed by atoms with van der Waals surface area (Å²) in [5, 5.41) is 14.1. The maximum absolute atomic E-state index is 6.51. The van der Waals surface area contributed by atoms with Crippen LogP contribution in [0.15, 0.2) is 46.8 Å². The Kier molecular flexibility index (Phi) is 5.15. The van der Waals surface area contributed by atoms with Gasteiger partial charge in [0.25, 0.3) is 0 Å². The number of nitrogens with zero attached hydrogens (tertiary/aromatic N) is 5. The number of nitrogens with two attached hydrogens (primary N) is 1. The summed E-state index contributed by atoms with van der Waals surface area (Å²) in [6.07, 6.45) is 2.13. The van der Waals surface area contributed by atoms with Crippen LogP contribution in [0.3, 0.4) is 0 Å². The minimum atomic E-state index is -0.221. The van der Waals surface area contributed by atoms with E-state index in [4.69, 9.17) is 10.8 Å². The summed E-state index contributed by atoms with van der Waals surface area (Å²) in [7, 11) is 2.03. The van der Waals surface area contributed by atoms with Gasteiger partial charge in [0.1, 0.15) is 5.69 Å². The zero-order valence-corrected chi connectivity index (χ0v) is 18.8. The molecule has 1 aromatic carbocycles. The molecule has 0 aliphatic carbocycles. The lowest BCUT2D eigenvalue weighted by molar-refractivity contribution is 0.561. The lowest BCUT2D eigenvalue weighted by Crippen LogP contribution is -2.13. The molecule has 0 spiro atoms. The van der Waals surface area contributed by atoms with E-state index in [9.17, 15) is 0 Å². The Hall–Kier alpha value is -2.89. The largest absolute Gasteiger partial charge is 0.382 e. The van der Waals surface area contributed by atoms with Crippen LogP contribution in [0, 0.1) is 6.92 Å². The van der Waals surface area contributed by atoms with Crippen LogP contribution in [0.2, 0.25) is 0 Å². The predicted octanol–water partition coefficient (Wildman–Crippen LogP) is 6.11. The number of rotatable bonds is 3. The van der Waals surface area contributed by atoms with Gasteiger partial charge < -0.3 is 10.3 Å². The van der Waals surface area contributed by atoms with E-state index < -0.39 is 0 Å². The van der Waals surface area contributed by atoms with Crippen molar-refractivity contribution in [1.29, 1.82) is 0 Å². The van der Waals surface area contributed by atoms with Crippen LogP contribution in [0.5, 0.6) is 0 Å². The van der Waals surface area contributed by atoms with Gasteiger partial charge in [0.15, 0.2) is 11.5 Å². The molecule has 2 heterocycles. The highest BCUT2D eigenvalue weighted by Gasteiger charge is 2.27. The van der Waals surface area contributed by atoms with Crippen molar-refractivity contribution in [2.24, 2.45) is 17.3 Å². The Morgan fingerprint density at radius 2 is 1.48 bits per heavy atom. The summed E-state index contributed by atoms with van der Waals surface area (Å²) < 4.78 is 3.84. The van der Waals surface area contributed by atoms with E-state index in [1.807, 2.05) is 37.4 Å². The zero-order chi connectivity index (χ0) is 21.6. The molecule has 0 unspecified atom stereocenters. The van der Waals surface area contributed by atoms with Gasteiger partial charge in [0.05, 0.1) is 11.4 Å². The van der Waals surface area contributed by atoms with Gasteiger partial charge in [-0.05, 0) is 24.5 Å². The van der Waals surface area contributed by atoms with Gasteiger partial charge in [-0.2, -0.15) is 5.10 Å². The summed E-state index contributed by atoms with van der Waals surface area (Å²) in [4.78, 5) is 0. The van der Waals surface area contributed by atoms with Crippen LogP contribution >= 0.6 is 0 Å². The molecule has 154 valence electrons. The monoisotopic (exact) mass is 392 g/mol. The number of nitrogen functional groups attached to an aromatic ring is 1. The van der Waals surface area contributed by atoms with Crippen molar-refractivity contribution >= 4 is 17.2 Å². The third-order valence-corrected chi connectivity index (χ3v) is 5.11. The van der Waals surface area contributed by atoms with Gasteiger partial charge in [0, 0.05) is 29.9 Å². The molecule has 0 atom stereocenters. The normalized spacial score (nSPS) is 12.8. The standard InChI is InChI=1S/C23H32N6/c1-15-18(17(14-28(15)8)22(2,3)4)25-26-19-20(23(5,6)7)27-29(21(19)24)16-12-10-9-11-13-16/h9-14H,24H2,1-8H3. The number of para-hydroxylation sites is 1. The van der Waals surface area contributed by atoms with E-state index in [1.165, 1.54) is 0 Å². The third kappa shape index (κ3) is 3.97. The molecule has 0 bridgehead atoms. The molecular formula is C23H32N6. The third-order valence-electron chi connectivity index (χ3n) is 5.11. The summed E-state index contributed by atoms with van der Waals surface area (Å²) in [6, 6.07) is 9.88. The van der Waals surface area contributed by atoms with Crippen LogP contribution in [0.25, 0.3) is 5.69 Å². The fourth-order valence-electron chi connectivity index (χ4n) is 3.28. The summed E-state index contributed by atoms with van der Waals surface area (Å²) in [5.41, 5.74) is 11.7. The van der Waals surface area contributed by atoms with Crippen LogP contribution in [0.1, 0.15) is 58.5 Å². The molecule has 2 N–H and O–H groups in total. The topological polar surface area (TPSA) is 73.5 Å². The Labute approximate surface area is 173 Å². The molecule has 0 saturated heterocycles. The van der Waals surface area contributed by atoms with Crippen molar-refractivity contribution in [2.45, 2.75) is 59.3 Å². The van der Waals surface area contributed by atoms with Crippen molar-refractivity contribution in [3.8, 4) is 5.69 Å².